The number of rotatable bonds is 6. The van der Waals surface area contributed by atoms with Crippen LogP contribution in [0.25, 0.3) is 0 Å². The van der Waals surface area contributed by atoms with Crippen LogP contribution in [0.3, 0.4) is 0 Å². The molecule has 51 heavy (non-hydrogen) atoms. The Morgan fingerprint density at radius 1 is 1.04 bits per heavy atom. The van der Waals surface area contributed by atoms with E-state index in [0.29, 0.717) is 37.3 Å². The van der Waals surface area contributed by atoms with E-state index < -0.39 is 106 Å². The zero-order chi connectivity index (χ0) is 37.2. The van der Waals surface area contributed by atoms with Gasteiger partial charge < -0.3 is 39.4 Å². The molecule has 286 valence electrons. The molecule has 3 saturated heterocycles. The van der Waals surface area contributed by atoms with E-state index in [2.05, 4.69) is 11.8 Å². The van der Waals surface area contributed by atoms with Crippen LogP contribution >= 0.6 is 0 Å². The number of ether oxygens (including phenoxy) is 4. The molecule has 7 aliphatic rings. The second-order valence-electron chi connectivity index (χ2n) is 17.9. The molecule has 4 aliphatic carbocycles. The number of carbonyl (C=O) groups is 3. The summed E-state index contributed by atoms with van der Waals surface area (Å²) in [5.41, 5.74) is -5.06. The van der Waals surface area contributed by atoms with Gasteiger partial charge in [-0.2, -0.15) is 0 Å². The molecule has 0 radical (unpaired) electrons. The highest BCUT2D eigenvalue weighted by atomic mass is 16.7. The molecule has 12 heteroatoms. The second kappa shape index (κ2) is 12.2. The molecule has 12 nitrogen and oxygen atoms in total. The third-order valence-electron chi connectivity index (χ3n) is 15.3. The molecule has 3 aliphatic heterocycles. The minimum absolute atomic E-state index is 0.102. The first-order chi connectivity index (χ1) is 23.8. The minimum Gasteiger partial charge on any atom is -0.462 e. The summed E-state index contributed by atoms with van der Waals surface area (Å²) in [6.45, 7) is 15.5. The van der Waals surface area contributed by atoms with Gasteiger partial charge in [-0.05, 0) is 83.5 Å². The van der Waals surface area contributed by atoms with Gasteiger partial charge in [0.25, 0.3) is 0 Å². The summed E-state index contributed by atoms with van der Waals surface area (Å²) in [7, 11) is 0. The number of allylic oxidation sites excluding steroid dienone is 1. The topological polar surface area (TPSA) is 172 Å². The predicted molar refractivity (Wildman–Crippen MR) is 182 cm³/mol. The summed E-state index contributed by atoms with van der Waals surface area (Å²) in [4.78, 5) is 41.9. The molecule has 4 bridgehead atoms. The predicted octanol–water partition coefficient (Wildman–Crippen LogP) is 2.87. The molecular weight excluding hydrogens is 658 g/mol. The lowest BCUT2D eigenvalue weighted by Crippen LogP contribution is -2.77. The average Bonchev–Trinajstić information content (AvgIpc) is 3.33. The molecule has 4 saturated carbocycles. The molecule has 0 aromatic carbocycles. The molecule has 0 amide bonds. The number of hydrogen-bond donors (Lipinski definition) is 4. The second-order valence-corrected chi connectivity index (χ2v) is 17.9. The van der Waals surface area contributed by atoms with E-state index in [0.717, 1.165) is 19.4 Å². The molecule has 7 fully saturated rings. The fraction of sp³-hybridized carbons (Fsp3) is 0.872. The third kappa shape index (κ3) is 4.94. The van der Waals surface area contributed by atoms with Crippen LogP contribution in [-0.4, -0.2) is 109 Å². The van der Waals surface area contributed by atoms with Gasteiger partial charge in [0.15, 0.2) is 12.2 Å². The van der Waals surface area contributed by atoms with E-state index in [9.17, 15) is 34.8 Å². The maximum absolute atomic E-state index is 13.7. The molecular formula is C39H59NO11. The normalized spacial score (nSPS) is 52.1. The standard InChI is InChI=1S/C39H59NO11/c1-9-20(4)33(43)49-28-13-14-35(7)26-15-25(48-22(6)41)31-37(35,51-39(26,28)47)16-24-23-18-40-17-19(3)11-12-27(40)36(8,45)29(23)30(42)32(38(24,31)46)50-34(44)21(5)10-2/h9,19,21,23-32,42,45-47H,10-18H2,1-8H3/b20-9-/t19-,21+,23-,24-,25+,26-,27-,28-,29+,30+,31+,32-,35-,36+,37+,38-,39-/m0/s1. The Morgan fingerprint density at radius 2 is 1.75 bits per heavy atom. The Kier molecular flexibility index (Phi) is 8.92. The molecule has 0 unspecified atom stereocenters. The quantitative estimate of drug-likeness (QED) is 0.180. The lowest BCUT2D eigenvalue weighted by atomic mass is 9.49. The van der Waals surface area contributed by atoms with Gasteiger partial charge in [0.05, 0.1) is 29.1 Å². The molecule has 17 atom stereocenters. The highest BCUT2D eigenvalue weighted by molar-refractivity contribution is 5.87. The smallest absolute Gasteiger partial charge is 0.333 e. The first-order valence-corrected chi connectivity index (χ1v) is 19.3. The van der Waals surface area contributed by atoms with Crippen LogP contribution in [0.2, 0.25) is 0 Å². The number of esters is 3. The van der Waals surface area contributed by atoms with E-state index >= 15 is 0 Å². The van der Waals surface area contributed by atoms with Crippen molar-refractivity contribution < 1.29 is 53.8 Å². The molecule has 0 aromatic rings. The van der Waals surface area contributed by atoms with Crippen LogP contribution in [0.15, 0.2) is 11.6 Å². The Bertz CT molecular complexity index is 1480. The lowest BCUT2D eigenvalue weighted by molar-refractivity contribution is -0.300. The van der Waals surface area contributed by atoms with E-state index in [-0.39, 0.29) is 18.9 Å². The Hall–Kier alpha value is -2.09. The van der Waals surface area contributed by atoms with Crippen molar-refractivity contribution >= 4 is 17.9 Å². The Balaban J connectivity index is 1.40. The molecule has 4 N–H and O–H groups in total. The van der Waals surface area contributed by atoms with Crippen LogP contribution in [0, 0.1) is 46.8 Å². The van der Waals surface area contributed by atoms with Gasteiger partial charge in [0.2, 0.25) is 5.79 Å². The molecule has 3 heterocycles. The van der Waals surface area contributed by atoms with E-state index in [4.69, 9.17) is 18.9 Å². The van der Waals surface area contributed by atoms with Crippen molar-refractivity contribution in [3.63, 3.8) is 0 Å². The summed E-state index contributed by atoms with van der Waals surface area (Å²) >= 11 is 0. The first kappa shape index (κ1) is 37.2. The van der Waals surface area contributed by atoms with Crippen LogP contribution in [-0.2, 0) is 33.3 Å². The number of aliphatic hydroxyl groups is 4. The lowest BCUT2D eigenvalue weighted by Gasteiger charge is -2.64. The minimum atomic E-state index is -1.97. The number of aliphatic hydroxyl groups excluding tert-OH is 1. The zero-order valence-electron chi connectivity index (χ0n) is 31.5. The summed E-state index contributed by atoms with van der Waals surface area (Å²) in [5, 5.41) is 51.3. The van der Waals surface area contributed by atoms with Gasteiger partial charge in [-0.25, -0.2) is 4.79 Å². The maximum Gasteiger partial charge on any atom is 0.333 e. The van der Waals surface area contributed by atoms with Crippen LogP contribution < -0.4 is 0 Å². The van der Waals surface area contributed by atoms with Crippen LogP contribution in [0.1, 0.15) is 100 Å². The Morgan fingerprint density at radius 3 is 2.39 bits per heavy atom. The number of piperidine rings is 2. The van der Waals surface area contributed by atoms with Crippen molar-refractivity contribution in [2.45, 2.75) is 153 Å². The molecule has 7 rings (SSSR count). The summed E-state index contributed by atoms with van der Waals surface area (Å²) in [5.74, 6) is -7.33. The fourth-order valence-electron chi connectivity index (χ4n) is 12.7. The monoisotopic (exact) mass is 717 g/mol. The van der Waals surface area contributed by atoms with Crippen molar-refractivity contribution in [3.8, 4) is 0 Å². The van der Waals surface area contributed by atoms with Crippen molar-refractivity contribution in [2.75, 3.05) is 13.1 Å². The number of hydrogen-bond acceptors (Lipinski definition) is 12. The third-order valence-corrected chi connectivity index (χ3v) is 15.3. The highest BCUT2D eigenvalue weighted by Crippen LogP contribution is 2.77. The zero-order valence-corrected chi connectivity index (χ0v) is 31.5. The molecule has 1 spiro atoms. The summed E-state index contributed by atoms with van der Waals surface area (Å²) in [6, 6.07) is -0.224. The first-order valence-electron chi connectivity index (χ1n) is 19.3. The highest BCUT2D eigenvalue weighted by Gasteiger charge is 2.87. The number of fused-ring (bicyclic) bond motifs is 5. The van der Waals surface area contributed by atoms with E-state index in [1.807, 2.05) is 13.8 Å². The summed E-state index contributed by atoms with van der Waals surface area (Å²) in [6.07, 6.45) is -0.00676. The average molecular weight is 718 g/mol. The number of carbonyl (C=O) groups excluding carboxylic acids is 3. The van der Waals surface area contributed by atoms with Gasteiger partial charge >= 0.3 is 17.9 Å². The summed E-state index contributed by atoms with van der Waals surface area (Å²) < 4.78 is 25.3. The van der Waals surface area contributed by atoms with Gasteiger partial charge in [-0.1, -0.05) is 33.8 Å². The molecule has 0 aromatic heterocycles. The van der Waals surface area contributed by atoms with Crippen LogP contribution in [0.4, 0.5) is 0 Å². The van der Waals surface area contributed by atoms with E-state index in [1.165, 1.54) is 6.92 Å². The maximum atomic E-state index is 13.7. The van der Waals surface area contributed by atoms with Gasteiger partial charge in [-0.3, -0.25) is 14.5 Å². The largest absolute Gasteiger partial charge is 0.462 e. The van der Waals surface area contributed by atoms with Crippen molar-refractivity contribution in [2.24, 2.45) is 46.8 Å². The Labute approximate surface area is 301 Å². The van der Waals surface area contributed by atoms with Crippen molar-refractivity contribution in [3.05, 3.63) is 11.6 Å². The van der Waals surface area contributed by atoms with E-state index in [1.54, 1.807) is 33.8 Å². The van der Waals surface area contributed by atoms with Gasteiger partial charge in [0.1, 0.15) is 11.7 Å². The van der Waals surface area contributed by atoms with Crippen LogP contribution in [0.5, 0.6) is 0 Å². The number of nitrogens with zero attached hydrogens (tertiary/aromatic N) is 1. The van der Waals surface area contributed by atoms with Gasteiger partial charge in [-0.15, -0.1) is 0 Å². The van der Waals surface area contributed by atoms with Crippen molar-refractivity contribution in [1.82, 2.24) is 4.90 Å². The van der Waals surface area contributed by atoms with Crippen molar-refractivity contribution in [1.29, 1.82) is 0 Å². The van der Waals surface area contributed by atoms with Gasteiger partial charge in [0, 0.05) is 48.9 Å². The fourth-order valence-corrected chi connectivity index (χ4v) is 12.7. The SMILES string of the molecule is C/C=C(/C)C(=O)O[C@H]1CC[C@@]2(C)[C@@H]3C[C@@H](OC(C)=O)[C@H]4[C@@]5(O)[C@@H](C[C@@]42O[C@]13O)[C@@H]1CN2C[C@@H](C)CC[C@H]2[C@@](C)(O)[C@H]1[C@@H](O)[C@@H]5OC(=O)[C@H](C)CC.